The third kappa shape index (κ3) is 6.74. The zero-order valence-corrected chi connectivity index (χ0v) is 22.6. The summed E-state index contributed by atoms with van der Waals surface area (Å²) in [4.78, 5) is 10.2. The molecule has 0 bridgehead atoms. The molecular formula is C26H30F3N5O5S. The summed E-state index contributed by atoms with van der Waals surface area (Å²) in [5, 5.41) is 12.5. The van der Waals surface area contributed by atoms with Gasteiger partial charge in [0.2, 0.25) is 16.0 Å². The number of likely N-dealkylation sites (tertiary alicyclic amines) is 1. The molecule has 0 spiro atoms. The van der Waals surface area contributed by atoms with E-state index in [2.05, 4.69) is 20.2 Å². The van der Waals surface area contributed by atoms with E-state index in [0.717, 1.165) is 38.7 Å². The van der Waals surface area contributed by atoms with Gasteiger partial charge < -0.3 is 19.6 Å². The number of alkyl halides is 3. The van der Waals surface area contributed by atoms with Crippen LogP contribution in [0.1, 0.15) is 29.7 Å². The topological polar surface area (TPSA) is 121 Å². The summed E-state index contributed by atoms with van der Waals surface area (Å²) in [7, 11) is -3.46. The van der Waals surface area contributed by atoms with E-state index in [0.29, 0.717) is 35.6 Å². The first-order valence-electron chi connectivity index (χ1n) is 12.9. The number of piperidine rings is 1. The first-order valence-corrected chi connectivity index (χ1v) is 14.7. The van der Waals surface area contributed by atoms with Crippen molar-refractivity contribution in [2.45, 2.75) is 38.1 Å². The van der Waals surface area contributed by atoms with Crippen LogP contribution in [0, 0.1) is 0 Å². The monoisotopic (exact) mass is 581 g/mol. The summed E-state index contributed by atoms with van der Waals surface area (Å²) in [6.07, 6.45) is -1.39. The standard InChI is InChI=1S/C26H30F3N5O5S/c1-40(36,37)34-11-8-22-17(16-34)14-23(39-22)24-21(26(27,28)29)15-30-25(32-24)31-18-2-4-20(5-3-18)38-13-12-33-9-6-19(35)7-10-33/h2-5,14-15,19,35H,6-13,16H2,1H3,(H,30,31,32). The normalized spacial score (nSPS) is 17.5. The van der Waals surface area contributed by atoms with Crippen LogP contribution in [0.4, 0.5) is 24.8 Å². The molecule has 0 radical (unpaired) electrons. The molecule has 0 aliphatic carbocycles. The molecule has 2 aliphatic heterocycles. The van der Waals surface area contributed by atoms with Crippen molar-refractivity contribution in [2.75, 3.05) is 44.4 Å². The van der Waals surface area contributed by atoms with Crippen LogP contribution in [0.5, 0.6) is 5.75 Å². The third-order valence-corrected chi connectivity index (χ3v) is 8.22. The van der Waals surface area contributed by atoms with Gasteiger partial charge in [0.05, 0.1) is 12.4 Å². The molecule has 5 rings (SSSR count). The Bertz CT molecular complexity index is 1440. The lowest BCUT2D eigenvalue weighted by atomic mass is 10.1. The second kappa shape index (κ2) is 11.4. The molecule has 2 aliphatic rings. The van der Waals surface area contributed by atoms with Crippen LogP contribution < -0.4 is 10.1 Å². The lowest BCUT2D eigenvalue weighted by Gasteiger charge is -2.29. The first kappa shape index (κ1) is 28.3. The number of hydrogen-bond donors (Lipinski definition) is 2. The van der Waals surface area contributed by atoms with Crippen molar-refractivity contribution >= 4 is 21.7 Å². The summed E-state index contributed by atoms with van der Waals surface area (Å²) in [6.45, 7) is 3.11. The minimum absolute atomic E-state index is 0.0186. The van der Waals surface area contributed by atoms with Gasteiger partial charge in [0.1, 0.15) is 29.4 Å². The number of furan rings is 1. The molecule has 0 atom stereocenters. The number of aliphatic hydroxyl groups excluding tert-OH is 1. The van der Waals surface area contributed by atoms with Gasteiger partial charge in [0, 0.05) is 56.6 Å². The Morgan fingerprint density at radius 1 is 1.18 bits per heavy atom. The van der Waals surface area contributed by atoms with Gasteiger partial charge in [-0.25, -0.2) is 18.4 Å². The van der Waals surface area contributed by atoms with Crippen LogP contribution in [-0.4, -0.2) is 77.8 Å². The first-order chi connectivity index (χ1) is 19.0. The molecule has 1 fully saturated rings. The van der Waals surface area contributed by atoms with Crippen LogP contribution in [0.2, 0.25) is 0 Å². The Kier molecular flexibility index (Phi) is 8.04. The van der Waals surface area contributed by atoms with Gasteiger partial charge in [0.15, 0.2) is 5.76 Å². The van der Waals surface area contributed by atoms with Crippen molar-refractivity contribution in [3.05, 3.63) is 53.4 Å². The van der Waals surface area contributed by atoms with E-state index in [1.54, 1.807) is 24.3 Å². The van der Waals surface area contributed by atoms with Crippen LogP contribution in [0.3, 0.4) is 0 Å². The van der Waals surface area contributed by atoms with Gasteiger partial charge >= 0.3 is 6.18 Å². The smallest absolute Gasteiger partial charge is 0.420 e. The molecule has 4 heterocycles. The Hall–Kier alpha value is -3.20. The van der Waals surface area contributed by atoms with E-state index >= 15 is 0 Å². The summed E-state index contributed by atoms with van der Waals surface area (Å²) >= 11 is 0. The molecule has 0 amide bonds. The highest BCUT2D eigenvalue weighted by Crippen LogP contribution is 2.38. The zero-order chi connectivity index (χ0) is 28.5. The predicted molar refractivity (Wildman–Crippen MR) is 141 cm³/mol. The molecule has 10 nitrogen and oxygen atoms in total. The minimum atomic E-state index is -4.73. The second-order valence-electron chi connectivity index (χ2n) is 9.93. The summed E-state index contributed by atoms with van der Waals surface area (Å²) in [5.74, 6) is 0.909. The predicted octanol–water partition coefficient (Wildman–Crippen LogP) is 3.65. The van der Waals surface area contributed by atoms with Crippen LogP contribution >= 0.6 is 0 Å². The second-order valence-corrected chi connectivity index (χ2v) is 11.9. The maximum Gasteiger partial charge on any atom is 0.420 e. The van der Waals surface area contributed by atoms with E-state index in [9.17, 15) is 26.7 Å². The third-order valence-electron chi connectivity index (χ3n) is 6.97. The lowest BCUT2D eigenvalue weighted by Crippen LogP contribution is -2.38. The van der Waals surface area contributed by atoms with Crippen LogP contribution in [-0.2, 0) is 29.2 Å². The number of ether oxygens (including phenoxy) is 1. The Balaban J connectivity index is 1.28. The highest BCUT2D eigenvalue weighted by molar-refractivity contribution is 7.88. The molecule has 3 aromatic rings. The van der Waals surface area contributed by atoms with Crippen molar-refractivity contribution in [3.8, 4) is 17.2 Å². The van der Waals surface area contributed by atoms with E-state index < -0.39 is 27.5 Å². The van der Waals surface area contributed by atoms with Crippen molar-refractivity contribution < 1.29 is 35.8 Å². The number of benzene rings is 1. The molecule has 0 saturated carbocycles. The van der Waals surface area contributed by atoms with Crippen molar-refractivity contribution in [1.29, 1.82) is 0 Å². The van der Waals surface area contributed by atoms with E-state index in [1.165, 1.54) is 10.4 Å². The van der Waals surface area contributed by atoms with Crippen molar-refractivity contribution in [3.63, 3.8) is 0 Å². The van der Waals surface area contributed by atoms with Crippen LogP contribution in [0.25, 0.3) is 11.5 Å². The van der Waals surface area contributed by atoms with Gasteiger partial charge in [0.25, 0.3) is 0 Å². The average Bonchev–Trinajstić information content (AvgIpc) is 3.33. The molecule has 14 heteroatoms. The number of halogens is 3. The summed E-state index contributed by atoms with van der Waals surface area (Å²) in [6, 6.07) is 8.30. The molecule has 216 valence electrons. The van der Waals surface area contributed by atoms with Crippen LogP contribution in [0.15, 0.2) is 40.9 Å². The lowest BCUT2D eigenvalue weighted by molar-refractivity contribution is -0.137. The Morgan fingerprint density at radius 2 is 1.90 bits per heavy atom. The molecular weight excluding hydrogens is 551 g/mol. The average molecular weight is 582 g/mol. The molecule has 40 heavy (non-hydrogen) atoms. The summed E-state index contributed by atoms with van der Waals surface area (Å²) < 4.78 is 78.1. The fourth-order valence-electron chi connectivity index (χ4n) is 4.74. The fourth-order valence-corrected chi connectivity index (χ4v) is 5.54. The van der Waals surface area contributed by atoms with Gasteiger partial charge in [-0.3, -0.25) is 4.90 Å². The largest absolute Gasteiger partial charge is 0.492 e. The van der Waals surface area contributed by atoms with Gasteiger partial charge in [-0.2, -0.15) is 17.5 Å². The molecule has 2 aromatic heterocycles. The number of aromatic nitrogens is 2. The van der Waals surface area contributed by atoms with Gasteiger partial charge in [-0.05, 0) is 43.2 Å². The zero-order valence-electron chi connectivity index (χ0n) is 21.8. The Morgan fingerprint density at radius 3 is 2.58 bits per heavy atom. The number of anilines is 2. The van der Waals surface area contributed by atoms with E-state index in [1.807, 2.05) is 0 Å². The van der Waals surface area contributed by atoms with E-state index in [4.69, 9.17) is 9.15 Å². The molecule has 1 aromatic carbocycles. The quantitative estimate of drug-likeness (QED) is 0.411. The maximum atomic E-state index is 13.8. The highest BCUT2D eigenvalue weighted by Gasteiger charge is 2.37. The number of sulfonamides is 1. The summed E-state index contributed by atoms with van der Waals surface area (Å²) in [5.41, 5.74) is -0.446. The Labute approximate surface area is 229 Å². The highest BCUT2D eigenvalue weighted by atomic mass is 32.2. The fraction of sp³-hybridized carbons (Fsp3) is 0.462. The van der Waals surface area contributed by atoms with Gasteiger partial charge in [-0.15, -0.1) is 0 Å². The molecule has 1 saturated heterocycles. The number of hydrogen-bond acceptors (Lipinski definition) is 9. The number of nitrogens with one attached hydrogen (secondary N) is 1. The van der Waals surface area contributed by atoms with Gasteiger partial charge in [-0.1, -0.05) is 0 Å². The van der Waals surface area contributed by atoms with Crippen molar-refractivity contribution in [1.82, 2.24) is 19.2 Å². The molecule has 2 N–H and O–H groups in total. The number of nitrogens with zero attached hydrogens (tertiary/aromatic N) is 4. The SMILES string of the molecule is CS(=O)(=O)N1CCc2oc(-c3nc(Nc4ccc(OCCN5CCC(O)CC5)cc4)ncc3C(F)(F)F)cc2C1. The molecule has 0 unspecified atom stereocenters. The number of rotatable bonds is 8. The minimum Gasteiger partial charge on any atom is -0.492 e. The van der Waals surface area contributed by atoms with Crippen molar-refractivity contribution in [2.24, 2.45) is 0 Å². The number of fused-ring (bicyclic) bond motifs is 1. The number of aliphatic hydroxyl groups is 1. The van der Waals surface area contributed by atoms with E-state index in [-0.39, 0.29) is 37.3 Å². The maximum absolute atomic E-state index is 13.8.